The topological polar surface area (TPSA) is 12.0 Å². The molecule has 1 aliphatic rings. The molecule has 3 atom stereocenters. The van der Waals surface area contributed by atoms with E-state index in [0.717, 1.165) is 12.0 Å². The van der Waals surface area contributed by atoms with Crippen LogP contribution in [0.25, 0.3) is 0 Å². The van der Waals surface area contributed by atoms with Gasteiger partial charge in [0, 0.05) is 12.1 Å². The first-order chi connectivity index (χ1) is 8.69. The highest BCUT2D eigenvalue weighted by Gasteiger charge is 2.36. The van der Waals surface area contributed by atoms with Gasteiger partial charge in [0.25, 0.3) is 0 Å². The van der Waals surface area contributed by atoms with E-state index >= 15 is 0 Å². The maximum atomic E-state index is 3.77. The molecule has 0 radical (unpaired) electrons. The minimum absolute atomic E-state index is 0.650. The second-order valence-corrected chi connectivity index (χ2v) is 5.99. The predicted molar refractivity (Wildman–Crippen MR) is 78.9 cm³/mol. The monoisotopic (exact) mass is 245 g/mol. The van der Waals surface area contributed by atoms with E-state index in [2.05, 4.69) is 50.4 Å². The van der Waals surface area contributed by atoms with Gasteiger partial charge in [0.05, 0.1) is 0 Å². The molecule has 1 aliphatic carbocycles. The molecule has 1 saturated carbocycles. The van der Waals surface area contributed by atoms with E-state index in [1.165, 1.54) is 43.2 Å². The van der Waals surface area contributed by atoms with Gasteiger partial charge < -0.3 is 5.32 Å². The Labute approximate surface area is 112 Å². The van der Waals surface area contributed by atoms with Crippen molar-refractivity contribution in [1.29, 1.82) is 0 Å². The van der Waals surface area contributed by atoms with Crippen LogP contribution in [0.3, 0.4) is 0 Å². The smallest absolute Gasteiger partial charge is 0.0102 e. The largest absolute Gasteiger partial charge is 0.311 e. The number of hydrogen-bond donors (Lipinski definition) is 1. The number of benzene rings is 1. The van der Waals surface area contributed by atoms with E-state index in [-0.39, 0.29) is 0 Å². The van der Waals surface area contributed by atoms with Gasteiger partial charge >= 0.3 is 0 Å². The van der Waals surface area contributed by atoms with Crippen LogP contribution in [0, 0.1) is 12.8 Å². The number of nitrogens with one attached hydrogen (secondary N) is 1. The lowest BCUT2D eigenvalue weighted by atomic mass is 10.0. The highest BCUT2D eigenvalue weighted by molar-refractivity contribution is 5.22. The minimum Gasteiger partial charge on any atom is -0.311 e. The Hall–Kier alpha value is -0.820. The maximum absolute atomic E-state index is 3.77. The van der Waals surface area contributed by atoms with Crippen molar-refractivity contribution in [3.63, 3.8) is 0 Å². The van der Waals surface area contributed by atoms with E-state index in [1.807, 2.05) is 0 Å². The van der Waals surface area contributed by atoms with E-state index in [1.54, 1.807) is 0 Å². The van der Waals surface area contributed by atoms with Crippen LogP contribution in [0.1, 0.15) is 50.7 Å². The molecule has 0 bridgehead atoms. The molecule has 1 heteroatoms. The van der Waals surface area contributed by atoms with Crippen molar-refractivity contribution in [3.8, 4) is 0 Å². The van der Waals surface area contributed by atoms with Crippen LogP contribution in [0.4, 0.5) is 0 Å². The van der Waals surface area contributed by atoms with Crippen LogP contribution >= 0.6 is 0 Å². The fourth-order valence-corrected chi connectivity index (χ4v) is 2.84. The third-order valence-electron chi connectivity index (χ3n) is 4.03. The fourth-order valence-electron chi connectivity index (χ4n) is 2.84. The molecule has 0 spiro atoms. The van der Waals surface area contributed by atoms with Crippen molar-refractivity contribution in [2.24, 2.45) is 5.92 Å². The van der Waals surface area contributed by atoms with Gasteiger partial charge in [-0.1, -0.05) is 43.2 Å². The molecule has 1 aromatic rings. The van der Waals surface area contributed by atoms with Crippen molar-refractivity contribution in [2.45, 2.75) is 65.0 Å². The highest BCUT2D eigenvalue weighted by Crippen LogP contribution is 2.35. The maximum Gasteiger partial charge on any atom is 0.0102 e. The van der Waals surface area contributed by atoms with Crippen LogP contribution in [0.5, 0.6) is 0 Å². The third kappa shape index (κ3) is 4.13. The lowest BCUT2D eigenvalue weighted by Gasteiger charge is -2.14. The molecule has 18 heavy (non-hydrogen) atoms. The van der Waals surface area contributed by atoms with Gasteiger partial charge in [0.1, 0.15) is 0 Å². The Kier molecular flexibility index (Phi) is 4.82. The normalized spacial score (nSPS) is 23.9. The number of aryl methyl sites for hydroxylation is 2. The van der Waals surface area contributed by atoms with Gasteiger partial charge in [0.15, 0.2) is 0 Å². The van der Waals surface area contributed by atoms with Gasteiger partial charge in [-0.05, 0) is 51.0 Å². The van der Waals surface area contributed by atoms with Gasteiger partial charge in [-0.2, -0.15) is 0 Å². The van der Waals surface area contributed by atoms with Crippen molar-refractivity contribution < 1.29 is 0 Å². The summed E-state index contributed by atoms with van der Waals surface area (Å²) in [6.07, 6.45) is 6.59. The first-order valence-corrected chi connectivity index (χ1v) is 7.50. The molecule has 0 saturated heterocycles. The fraction of sp³-hybridized carbons (Fsp3) is 0.647. The quantitative estimate of drug-likeness (QED) is 0.763. The number of rotatable bonds is 7. The summed E-state index contributed by atoms with van der Waals surface area (Å²) in [5, 5.41) is 3.77. The third-order valence-corrected chi connectivity index (χ3v) is 4.03. The van der Waals surface area contributed by atoms with Gasteiger partial charge in [-0.15, -0.1) is 0 Å². The Balaban J connectivity index is 1.68. The SMILES string of the molecule is CCCC1CC1NC(C)CCc1cccc(C)c1. The zero-order valence-electron chi connectivity index (χ0n) is 12.1. The average molecular weight is 245 g/mol. The molecule has 0 aromatic heterocycles. The lowest BCUT2D eigenvalue weighted by molar-refractivity contribution is 0.487. The average Bonchev–Trinajstić information content (AvgIpc) is 3.05. The van der Waals surface area contributed by atoms with E-state index in [9.17, 15) is 0 Å². The summed E-state index contributed by atoms with van der Waals surface area (Å²) in [7, 11) is 0. The molecular formula is C17H27N. The van der Waals surface area contributed by atoms with E-state index in [4.69, 9.17) is 0 Å². The lowest BCUT2D eigenvalue weighted by Crippen LogP contribution is -2.29. The summed E-state index contributed by atoms with van der Waals surface area (Å²) < 4.78 is 0. The molecule has 0 aliphatic heterocycles. The molecular weight excluding hydrogens is 218 g/mol. The van der Waals surface area contributed by atoms with Crippen molar-refractivity contribution in [3.05, 3.63) is 35.4 Å². The van der Waals surface area contributed by atoms with Crippen LogP contribution in [-0.2, 0) is 6.42 Å². The van der Waals surface area contributed by atoms with Crippen LogP contribution in [0.2, 0.25) is 0 Å². The van der Waals surface area contributed by atoms with Gasteiger partial charge in [0.2, 0.25) is 0 Å². The zero-order valence-corrected chi connectivity index (χ0v) is 12.1. The second-order valence-electron chi connectivity index (χ2n) is 5.99. The summed E-state index contributed by atoms with van der Waals surface area (Å²) in [6, 6.07) is 10.4. The molecule has 0 heterocycles. The molecule has 2 rings (SSSR count). The van der Waals surface area contributed by atoms with Crippen LogP contribution < -0.4 is 5.32 Å². The predicted octanol–water partition coefficient (Wildman–Crippen LogP) is 4.09. The van der Waals surface area contributed by atoms with Gasteiger partial charge in [-0.3, -0.25) is 0 Å². The van der Waals surface area contributed by atoms with Crippen molar-refractivity contribution in [1.82, 2.24) is 5.32 Å². The summed E-state index contributed by atoms with van der Waals surface area (Å²) >= 11 is 0. The van der Waals surface area contributed by atoms with Crippen molar-refractivity contribution >= 4 is 0 Å². The molecule has 100 valence electrons. The molecule has 3 unspecified atom stereocenters. The summed E-state index contributed by atoms with van der Waals surface area (Å²) in [5.41, 5.74) is 2.85. The first kappa shape index (κ1) is 13.6. The second kappa shape index (κ2) is 6.38. The molecule has 1 nitrogen and oxygen atoms in total. The first-order valence-electron chi connectivity index (χ1n) is 7.50. The van der Waals surface area contributed by atoms with Crippen molar-refractivity contribution in [2.75, 3.05) is 0 Å². The Bertz CT molecular complexity index is 372. The standard InChI is InChI=1S/C17H27N/c1-4-6-16-12-17(16)18-14(3)9-10-15-8-5-7-13(2)11-15/h5,7-8,11,14,16-18H,4,6,9-10,12H2,1-3H3. The Morgan fingerprint density at radius 2 is 2.22 bits per heavy atom. The van der Waals surface area contributed by atoms with Crippen LogP contribution in [0.15, 0.2) is 24.3 Å². The van der Waals surface area contributed by atoms with E-state index in [0.29, 0.717) is 6.04 Å². The minimum atomic E-state index is 0.650. The Morgan fingerprint density at radius 1 is 1.39 bits per heavy atom. The van der Waals surface area contributed by atoms with E-state index < -0.39 is 0 Å². The molecule has 1 N–H and O–H groups in total. The summed E-state index contributed by atoms with van der Waals surface area (Å²) in [6.45, 7) is 6.79. The summed E-state index contributed by atoms with van der Waals surface area (Å²) in [4.78, 5) is 0. The van der Waals surface area contributed by atoms with Gasteiger partial charge in [-0.25, -0.2) is 0 Å². The molecule has 0 amide bonds. The summed E-state index contributed by atoms with van der Waals surface area (Å²) in [5.74, 6) is 0.969. The zero-order chi connectivity index (χ0) is 13.0. The number of hydrogen-bond acceptors (Lipinski definition) is 1. The molecule has 1 fully saturated rings. The molecule has 1 aromatic carbocycles. The Morgan fingerprint density at radius 3 is 2.94 bits per heavy atom. The highest BCUT2D eigenvalue weighted by atomic mass is 15.0. The van der Waals surface area contributed by atoms with Crippen LogP contribution in [-0.4, -0.2) is 12.1 Å².